The molecule has 0 saturated carbocycles. The summed E-state index contributed by atoms with van der Waals surface area (Å²) in [6.45, 7) is 5.35. The maximum absolute atomic E-state index is 12.1. The van der Waals surface area contributed by atoms with E-state index in [0.717, 1.165) is 5.52 Å². The molecule has 1 unspecified atom stereocenters. The van der Waals surface area contributed by atoms with Crippen LogP contribution in [0.15, 0.2) is 30.6 Å². The van der Waals surface area contributed by atoms with Gasteiger partial charge in [-0.1, -0.05) is 6.07 Å². The van der Waals surface area contributed by atoms with Gasteiger partial charge in [-0.05, 0) is 32.9 Å². The summed E-state index contributed by atoms with van der Waals surface area (Å²) in [5, 5.41) is 4.18. The molecule has 1 atom stereocenters. The van der Waals surface area contributed by atoms with Crippen molar-refractivity contribution in [1.29, 1.82) is 0 Å². The highest BCUT2D eigenvalue weighted by atomic mass is 16.6. The van der Waals surface area contributed by atoms with Crippen molar-refractivity contribution in [3.63, 3.8) is 0 Å². The van der Waals surface area contributed by atoms with E-state index in [1.165, 1.54) is 4.90 Å². The van der Waals surface area contributed by atoms with E-state index in [4.69, 9.17) is 4.74 Å². The smallest absolute Gasteiger partial charge is 0.410 e. The molecule has 0 aliphatic rings. The molecule has 6 heteroatoms. The predicted molar refractivity (Wildman–Crippen MR) is 78.0 cm³/mol. The van der Waals surface area contributed by atoms with Crippen LogP contribution in [0.2, 0.25) is 0 Å². The number of rotatable bonds is 3. The zero-order valence-corrected chi connectivity index (χ0v) is 12.6. The SMILES string of the molecule is CN(C(=O)OC(C)(C)C)C(C=O)c1cnn2ccccc12. The van der Waals surface area contributed by atoms with Crippen LogP contribution in [-0.4, -0.2) is 39.5 Å². The van der Waals surface area contributed by atoms with Gasteiger partial charge in [0.25, 0.3) is 0 Å². The van der Waals surface area contributed by atoms with Gasteiger partial charge in [0.1, 0.15) is 17.9 Å². The Balaban J connectivity index is 2.31. The van der Waals surface area contributed by atoms with Crippen molar-refractivity contribution in [2.24, 2.45) is 0 Å². The summed E-state index contributed by atoms with van der Waals surface area (Å²) in [6.07, 6.45) is 3.55. The van der Waals surface area contributed by atoms with Crippen LogP contribution in [0.25, 0.3) is 5.52 Å². The summed E-state index contributed by atoms with van der Waals surface area (Å²) in [5.74, 6) is 0. The van der Waals surface area contributed by atoms with Gasteiger partial charge in [0.05, 0.1) is 11.7 Å². The number of carbonyl (C=O) groups excluding carboxylic acids is 2. The summed E-state index contributed by atoms with van der Waals surface area (Å²) < 4.78 is 6.95. The first-order chi connectivity index (χ1) is 9.83. The molecule has 0 N–H and O–H groups in total. The Labute approximate surface area is 123 Å². The average molecular weight is 289 g/mol. The number of aromatic nitrogens is 2. The Bertz CT molecular complexity index is 657. The zero-order chi connectivity index (χ0) is 15.6. The molecule has 0 fully saturated rings. The highest BCUT2D eigenvalue weighted by Crippen LogP contribution is 2.23. The fourth-order valence-corrected chi connectivity index (χ4v) is 2.00. The lowest BCUT2D eigenvalue weighted by Gasteiger charge is -2.27. The molecule has 0 saturated heterocycles. The fraction of sp³-hybridized carbons (Fsp3) is 0.400. The Morgan fingerprint density at radius 3 is 2.76 bits per heavy atom. The number of likely N-dealkylation sites (N-methyl/N-ethyl adjacent to an activating group) is 1. The summed E-state index contributed by atoms with van der Waals surface area (Å²) in [5.41, 5.74) is 0.837. The van der Waals surface area contributed by atoms with Crippen molar-refractivity contribution in [1.82, 2.24) is 14.5 Å². The number of ether oxygens (including phenoxy) is 1. The third kappa shape index (κ3) is 3.21. The van der Waals surface area contributed by atoms with Crippen molar-refractivity contribution < 1.29 is 14.3 Å². The monoisotopic (exact) mass is 289 g/mol. The van der Waals surface area contributed by atoms with E-state index in [-0.39, 0.29) is 0 Å². The third-order valence-corrected chi connectivity index (χ3v) is 3.00. The van der Waals surface area contributed by atoms with Gasteiger partial charge in [0.2, 0.25) is 0 Å². The van der Waals surface area contributed by atoms with Crippen LogP contribution in [0.3, 0.4) is 0 Å². The minimum Gasteiger partial charge on any atom is -0.444 e. The van der Waals surface area contributed by atoms with Gasteiger partial charge in [-0.15, -0.1) is 0 Å². The van der Waals surface area contributed by atoms with Crippen LogP contribution in [0.1, 0.15) is 32.4 Å². The number of fused-ring (bicyclic) bond motifs is 1. The lowest BCUT2D eigenvalue weighted by Crippen LogP contribution is -2.37. The summed E-state index contributed by atoms with van der Waals surface area (Å²) in [4.78, 5) is 24.9. The van der Waals surface area contributed by atoms with Gasteiger partial charge in [0.15, 0.2) is 0 Å². The maximum Gasteiger partial charge on any atom is 0.410 e. The molecular formula is C15H19N3O3. The first kappa shape index (κ1) is 15.0. The first-order valence-corrected chi connectivity index (χ1v) is 6.67. The van der Waals surface area contributed by atoms with Crippen LogP contribution in [0, 0.1) is 0 Å². The number of nitrogens with zero attached hydrogens (tertiary/aromatic N) is 3. The Morgan fingerprint density at radius 1 is 1.43 bits per heavy atom. The largest absolute Gasteiger partial charge is 0.444 e. The molecule has 0 spiro atoms. The van der Waals surface area contributed by atoms with E-state index < -0.39 is 17.7 Å². The molecule has 0 radical (unpaired) electrons. The van der Waals surface area contributed by atoms with Gasteiger partial charge in [0, 0.05) is 18.8 Å². The predicted octanol–water partition coefficient (Wildman–Crippen LogP) is 2.44. The van der Waals surface area contributed by atoms with Crippen molar-refractivity contribution in [3.05, 3.63) is 36.2 Å². The highest BCUT2D eigenvalue weighted by Gasteiger charge is 2.28. The number of aldehydes is 1. The van der Waals surface area contributed by atoms with Crippen LogP contribution < -0.4 is 0 Å². The molecular weight excluding hydrogens is 270 g/mol. The minimum atomic E-state index is -0.736. The summed E-state index contributed by atoms with van der Waals surface area (Å²) >= 11 is 0. The quantitative estimate of drug-likeness (QED) is 0.814. The van der Waals surface area contributed by atoms with E-state index in [2.05, 4.69) is 5.10 Å². The molecule has 112 valence electrons. The van der Waals surface area contributed by atoms with E-state index in [1.807, 2.05) is 18.2 Å². The van der Waals surface area contributed by atoms with E-state index in [9.17, 15) is 9.59 Å². The van der Waals surface area contributed by atoms with Gasteiger partial charge < -0.3 is 9.53 Å². The second-order valence-electron chi connectivity index (χ2n) is 5.80. The standard InChI is InChI=1S/C15H19N3O3/c1-15(2,3)21-14(20)17(4)13(10-19)11-9-16-18-8-6-5-7-12(11)18/h5-10,13H,1-4H3. The molecule has 2 rings (SSSR count). The molecule has 2 aromatic rings. The van der Waals surface area contributed by atoms with E-state index in [0.29, 0.717) is 11.8 Å². The molecule has 2 aromatic heterocycles. The van der Waals surface area contributed by atoms with Crippen molar-refractivity contribution in [2.75, 3.05) is 7.05 Å². The number of hydrogen-bond donors (Lipinski definition) is 0. The van der Waals surface area contributed by atoms with E-state index >= 15 is 0 Å². The lowest BCUT2D eigenvalue weighted by molar-refractivity contribution is -0.112. The van der Waals surface area contributed by atoms with Gasteiger partial charge in [-0.25, -0.2) is 9.31 Å². The second kappa shape index (κ2) is 5.55. The summed E-state index contributed by atoms with van der Waals surface area (Å²) in [7, 11) is 1.54. The number of carbonyl (C=O) groups is 2. The van der Waals surface area contributed by atoms with Gasteiger partial charge in [-0.2, -0.15) is 5.10 Å². The highest BCUT2D eigenvalue weighted by molar-refractivity contribution is 5.77. The topological polar surface area (TPSA) is 63.9 Å². The van der Waals surface area contributed by atoms with Crippen LogP contribution >= 0.6 is 0 Å². The number of hydrogen-bond acceptors (Lipinski definition) is 4. The molecule has 0 bridgehead atoms. The molecule has 6 nitrogen and oxygen atoms in total. The normalized spacial score (nSPS) is 13.0. The molecule has 0 aliphatic heterocycles. The molecule has 2 heterocycles. The van der Waals surface area contributed by atoms with Crippen molar-refractivity contribution >= 4 is 17.9 Å². The van der Waals surface area contributed by atoms with Crippen molar-refractivity contribution in [2.45, 2.75) is 32.4 Å². The maximum atomic E-state index is 12.1. The van der Waals surface area contributed by atoms with E-state index in [1.54, 1.807) is 44.7 Å². The van der Waals surface area contributed by atoms with Crippen LogP contribution in [-0.2, 0) is 9.53 Å². The number of amides is 1. The lowest BCUT2D eigenvalue weighted by atomic mass is 10.1. The Kier molecular flexibility index (Phi) is 3.97. The second-order valence-corrected chi connectivity index (χ2v) is 5.80. The Morgan fingerprint density at radius 2 is 2.14 bits per heavy atom. The average Bonchev–Trinajstić information content (AvgIpc) is 2.82. The molecule has 0 aliphatic carbocycles. The van der Waals surface area contributed by atoms with Crippen LogP contribution in [0.5, 0.6) is 0 Å². The molecule has 0 aromatic carbocycles. The van der Waals surface area contributed by atoms with Gasteiger partial charge >= 0.3 is 6.09 Å². The minimum absolute atomic E-state index is 0.546. The Hall–Kier alpha value is -2.37. The van der Waals surface area contributed by atoms with Crippen molar-refractivity contribution in [3.8, 4) is 0 Å². The first-order valence-electron chi connectivity index (χ1n) is 6.67. The van der Waals surface area contributed by atoms with Gasteiger partial charge in [-0.3, -0.25) is 4.90 Å². The molecule has 1 amide bonds. The third-order valence-electron chi connectivity index (χ3n) is 3.00. The zero-order valence-electron chi connectivity index (χ0n) is 12.6. The number of pyridine rings is 1. The van der Waals surface area contributed by atoms with Crippen LogP contribution in [0.4, 0.5) is 4.79 Å². The summed E-state index contributed by atoms with van der Waals surface area (Å²) in [6, 6.07) is 4.81. The fourth-order valence-electron chi connectivity index (χ4n) is 2.00. The molecule has 21 heavy (non-hydrogen) atoms.